The predicted molar refractivity (Wildman–Crippen MR) is 112 cm³/mol. The van der Waals surface area contributed by atoms with Crippen LogP contribution in [-0.4, -0.2) is 62.1 Å². The molecule has 28 heavy (non-hydrogen) atoms. The van der Waals surface area contributed by atoms with Crippen molar-refractivity contribution in [2.75, 3.05) is 46.4 Å². The maximum absolute atomic E-state index is 12.4. The Morgan fingerprint density at radius 1 is 0.964 bits per heavy atom. The second-order valence-electron chi connectivity index (χ2n) is 6.74. The largest absolute Gasteiger partial charge is 0.493 e. The van der Waals surface area contributed by atoms with Gasteiger partial charge in [0.15, 0.2) is 11.5 Å². The SMILES string of the molecule is COc1ccccc1OCCC(=O)N1CCN(CC=Cc2ccccc2)CC1. The van der Waals surface area contributed by atoms with Gasteiger partial charge in [-0.3, -0.25) is 9.69 Å². The first-order valence-electron chi connectivity index (χ1n) is 9.74. The second kappa shape index (κ2) is 10.5. The lowest BCUT2D eigenvalue weighted by atomic mass is 10.2. The Hall–Kier alpha value is -2.79. The number of rotatable bonds is 8. The number of amides is 1. The van der Waals surface area contributed by atoms with Crippen molar-refractivity contribution in [3.8, 4) is 11.5 Å². The third-order valence-electron chi connectivity index (χ3n) is 4.84. The molecule has 0 radical (unpaired) electrons. The van der Waals surface area contributed by atoms with Crippen LogP contribution in [0.1, 0.15) is 12.0 Å². The molecule has 1 amide bonds. The van der Waals surface area contributed by atoms with Crippen molar-refractivity contribution in [1.29, 1.82) is 0 Å². The van der Waals surface area contributed by atoms with E-state index in [1.54, 1.807) is 7.11 Å². The van der Waals surface area contributed by atoms with Gasteiger partial charge in [-0.25, -0.2) is 0 Å². The molecule has 0 atom stereocenters. The lowest BCUT2D eigenvalue weighted by molar-refractivity contribution is -0.133. The maximum Gasteiger partial charge on any atom is 0.226 e. The summed E-state index contributed by atoms with van der Waals surface area (Å²) < 4.78 is 11.0. The number of para-hydroxylation sites is 2. The van der Waals surface area contributed by atoms with Crippen LogP contribution in [0, 0.1) is 0 Å². The van der Waals surface area contributed by atoms with Gasteiger partial charge in [0.25, 0.3) is 0 Å². The average molecular weight is 380 g/mol. The number of carbonyl (C=O) groups excluding carboxylic acids is 1. The smallest absolute Gasteiger partial charge is 0.226 e. The van der Waals surface area contributed by atoms with Crippen molar-refractivity contribution >= 4 is 12.0 Å². The minimum absolute atomic E-state index is 0.148. The highest BCUT2D eigenvalue weighted by Gasteiger charge is 2.20. The highest BCUT2D eigenvalue weighted by atomic mass is 16.5. The molecular formula is C23H28N2O3. The van der Waals surface area contributed by atoms with Gasteiger partial charge in [0, 0.05) is 32.7 Å². The first kappa shape index (κ1) is 20.0. The monoisotopic (exact) mass is 380 g/mol. The van der Waals surface area contributed by atoms with E-state index in [0.717, 1.165) is 32.7 Å². The Morgan fingerprint density at radius 2 is 1.64 bits per heavy atom. The number of hydrogen-bond donors (Lipinski definition) is 0. The molecule has 0 aliphatic carbocycles. The highest BCUT2D eigenvalue weighted by Crippen LogP contribution is 2.25. The number of nitrogens with zero attached hydrogens (tertiary/aromatic N) is 2. The minimum atomic E-state index is 0.148. The molecule has 0 spiro atoms. The van der Waals surface area contributed by atoms with E-state index in [1.807, 2.05) is 47.4 Å². The summed E-state index contributed by atoms with van der Waals surface area (Å²) in [5, 5.41) is 0. The molecule has 2 aromatic rings. The average Bonchev–Trinajstić information content (AvgIpc) is 2.75. The molecule has 2 aromatic carbocycles. The molecule has 0 bridgehead atoms. The second-order valence-corrected chi connectivity index (χ2v) is 6.74. The summed E-state index contributed by atoms with van der Waals surface area (Å²) in [4.78, 5) is 16.7. The molecule has 0 unspecified atom stereocenters. The van der Waals surface area contributed by atoms with Gasteiger partial charge < -0.3 is 14.4 Å². The van der Waals surface area contributed by atoms with E-state index in [0.29, 0.717) is 24.5 Å². The fraction of sp³-hybridized carbons (Fsp3) is 0.348. The Bertz CT molecular complexity index is 768. The number of ether oxygens (including phenoxy) is 2. The van der Waals surface area contributed by atoms with E-state index in [4.69, 9.17) is 9.47 Å². The van der Waals surface area contributed by atoms with Crippen LogP contribution in [0.5, 0.6) is 11.5 Å². The number of methoxy groups -OCH3 is 1. The molecule has 3 rings (SSSR count). The van der Waals surface area contributed by atoms with Crippen molar-refractivity contribution in [2.24, 2.45) is 0 Å². The van der Waals surface area contributed by atoms with E-state index >= 15 is 0 Å². The van der Waals surface area contributed by atoms with Crippen molar-refractivity contribution < 1.29 is 14.3 Å². The summed E-state index contributed by atoms with van der Waals surface area (Å²) in [6, 6.07) is 17.8. The molecule has 1 heterocycles. The Kier molecular flexibility index (Phi) is 7.50. The van der Waals surface area contributed by atoms with Gasteiger partial charge in [-0.2, -0.15) is 0 Å². The van der Waals surface area contributed by atoms with Gasteiger partial charge in [-0.05, 0) is 17.7 Å². The maximum atomic E-state index is 12.4. The van der Waals surface area contributed by atoms with Crippen LogP contribution in [0.15, 0.2) is 60.7 Å². The van der Waals surface area contributed by atoms with Gasteiger partial charge in [0.2, 0.25) is 5.91 Å². The van der Waals surface area contributed by atoms with Gasteiger partial charge in [0.05, 0.1) is 20.1 Å². The zero-order valence-corrected chi connectivity index (χ0v) is 16.4. The molecule has 1 fully saturated rings. The molecule has 5 nitrogen and oxygen atoms in total. The summed E-state index contributed by atoms with van der Waals surface area (Å²) in [7, 11) is 1.61. The summed E-state index contributed by atoms with van der Waals surface area (Å²) in [5.74, 6) is 1.51. The predicted octanol–water partition coefficient (Wildman–Crippen LogP) is 3.32. The summed E-state index contributed by atoms with van der Waals surface area (Å²) >= 11 is 0. The molecule has 1 aliphatic rings. The van der Waals surface area contributed by atoms with Gasteiger partial charge >= 0.3 is 0 Å². The molecule has 1 aliphatic heterocycles. The fourth-order valence-electron chi connectivity index (χ4n) is 3.23. The number of carbonyl (C=O) groups is 1. The van der Waals surface area contributed by atoms with Gasteiger partial charge in [-0.1, -0.05) is 54.6 Å². The Labute approximate surface area is 167 Å². The summed E-state index contributed by atoms with van der Waals surface area (Å²) in [6.07, 6.45) is 4.71. The summed E-state index contributed by atoms with van der Waals surface area (Å²) in [6.45, 7) is 4.61. The van der Waals surface area contributed by atoms with Crippen LogP contribution in [0.3, 0.4) is 0 Å². The zero-order chi connectivity index (χ0) is 19.6. The van der Waals surface area contributed by atoms with Crippen molar-refractivity contribution in [1.82, 2.24) is 9.80 Å². The van der Waals surface area contributed by atoms with Crippen LogP contribution in [-0.2, 0) is 4.79 Å². The molecular weight excluding hydrogens is 352 g/mol. The summed E-state index contributed by atoms with van der Waals surface area (Å²) in [5.41, 5.74) is 1.21. The lowest BCUT2D eigenvalue weighted by Gasteiger charge is -2.34. The first-order chi connectivity index (χ1) is 13.8. The third-order valence-corrected chi connectivity index (χ3v) is 4.84. The number of piperazine rings is 1. The van der Waals surface area contributed by atoms with Crippen LogP contribution < -0.4 is 9.47 Å². The molecule has 0 N–H and O–H groups in total. The van der Waals surface area contributed by atoms with Gasteiger partial charge in [0.1, 0.15) is 0 Å². The lowest BCUT2D eigenvalue weighted by Crippen LogP contribution is -2.48. The molecule has 148 valence electrons. The van der Waals surface area contributed by atoms with Crippen molar-refractivity contribution in [2.45, 2.75) is 6.42 Å². The molecule has 1 saturated heterocycles. The van der Waals surface area contributed by atoms with E-state index in [1.165, 1.54) is 5.56 Å². The van der Waals surface area contributed by atoms with E-state index < -0.39 is 0 Å². The highest BCUT2D eigenvalue weighted by molar-refractivity contribution is 5.76. The van der Waals surface area contributed by atoms with Crippen molar-refractivity contribution in [3.63, 3.8) is 0 Å². The van der Waals surface area contributed by atoms with Gasteiger partial charge in [-0.15, -0.1) is 0 Å². The molecule has 5 heteroatoms. The molecule has 0 saturated carbocycles. The molecule has 0 aromatic heterocycles. The van der Waals surface area contributed by atoms with E-state index in [9.17, 15) is 4.79 Å². The van der Waals surface area contributed by atoms with Crippen LogP contribution >= 0.6 is 0 Å². The quantitative estimate of drug-likeness (QED) is 0.705. The Balaban J connectivity index is 1.36. The normalized spacial score (nSPS) is 15.0. The third kappa shape index (κ3) is 5.86. The Morgan fingerprint density at radius 3 is 2.36 bits per heavy atom. The fourth-order valence-corrected chi connectivity index (χ4v) is 3.23. The minimum Gasteiger partial charge on any atom is -0.493 e. The number of hydrogen-bond acceptors (Lipinski definition) is 4. The first-order valence-corrected chi connectivity index (χ1v) is 9.74. The van der Waals surface area contributed by atoms with E-state index in [2.05, 4.69) is 29.2 Å². The van der Waals surface area contributed by atoms with Crippen LogP contribution in [0.25, 0.3) is 6.08 Å². The standard InChI is InChI=1S/C23H28N2O3/c1-27-21-11-5-6-12-22(21)28-19-13-23(26)25-17-15-24(16-18-25)14-7-10-20-8-3-2-4-9-20/h2-12H,13-19H2,1H3. The van der Waals surface area contributed by atoms with E-state index in [-0.39, 0.29) is 5.91 Å². The van der Waals surface area contributed by atoms with Crippen LogP contribution in [0.2, 0.25) is 0 Å². The van der Waals surface area contributed by atoms with Crippen molar-refractivity contribution in [3.05, 3.63) is 66.2 Å². The van der Waals surface area contributed by atoms with Crippen LogP contribution in [0.4, 0.5) is 0 Å². The number of benzene rings is 2. The topological polar surface area (TPSA) is 42.0 Å². The zero-order valence-electron chi connectivity index (χ0n) is 16.4.